The Balaban J connectivity index is 1.58. The Labute approximate surface area is 163 Å². The first kappa shape index (κ1) is 20.5. The minimum absolute atomic E-state index is 0.0739. The van der Waals surface area contributed by atoms with Gasteiger partial charge in [0.25, 0.3) is 5.91 Å². The number of nitrogens with two attached hydrogens (primary N) is 1. The lowest BCUT2D eigenvalue weighted by atomic mass is 9.67. The molecule has 1 aromatic rings. The van der Waals surface area contributed by atoms with E-state index in [-0.39, 0.29) is 34.1 Å². The molecule has 0 saturated heterocycles. The number of sulfonamides is 1. The smallest absolute Gasteiger partial charge is 0.309 e. The molecule has 9 heteroatoms. The van der Waals surface area contributed by atoms with Crippen molar-refractivity contribution in [2.24, 2.45) is 22.9 Å². The van der Waals surface area contributed by atoms with E-state index >= 15 is 0 Å². The van der Waals surface area contributed by atoms with Gasteiger partial charge in [0.05, 0.1) is 10.8 Å². The molecular formula is C19H24N2O6S. The summed E-state index contributed by atoms with van der Waals surface area (Å²) in [6, 6.07) is 5.50. The average Bonchev–Trinajstić information content (AvgIpc) is 2.60. The molecule has 2 fully saturated rings. The van der Waals surface area contributed by atoms with Crippen LogP contribution in [0.5, 0.6) is 0 Å². The zero-order chi connectivity index (χ0) is 20.5. The number of esters is 1. The number of ketones is 1. The highest BCUT2D eigenvalue weighted by atomic mass is 32.2. The van der Waals surface area contributed by atoms with Crippen molar-refractivity contribution in [2.75, 3.05) is 5.32 Å². The lowest BCUT2D eigenvalue weighted by Gasteiger charge is -2.36. The van der Waals surface area contributed by atoms with Crippen LogP contribution in [0.4, 0.5) is 5.69 Å². The fraction of sp³-hybridized carbons (Fsp3) is 0.526. The SMILES string of the molecule is C[C@H](OC(=O)C1C[C@H]2CCC[C@@H](C1)C2=O)C(=O)Nc1cccc(S(N)(=O)=O)c1. The summed E-state index contributed by atoms with van der Waals surface area (Å²) in [6.45, 7) is 1.45. The summed E-state index contributed by atoms with van der Waals surface area (Å²) in [5.41, 5.74) is 0.234. The molecule has 2 bridgehead atoms. The maximum Gasteiger partial charge on any atom is 0.309 e. The molecule has 2 saturated carbocycles. The minimum Gasteiger partial charge on any atom is -0.452 e. The van der Waals surface area contributed by atoms with Crippen LogP contribution in [-0.2, 0) is 29.1 Å². The molecule has 0 radical (unpaired) electrons. The molecule has 2 aliphatic rings. The Morgan fingerprint density at radius 2 is 1.86 bits per heavy atom. The summed E-state index contributed by atoms with van der Waals surface area (Å²) >= 11 is 0. The molecule has 1 amide bonds. The van der Waals surface area contributed by atoms with Crippen molar-refractivity contribution in [1.82, 2.24) is 0 Å². The lowest BCUT2D eigenvalue weighted by Crippen LogP contribution is -2.41. The van der Waals surface area contributed by atoms with Crippen molar-refractivity contribution in [2.45, 2.75) is 50.0 Å². The number of benzene rings is 1. The Morgan fingerprint density at radius 1 is 1.21 bits per heavy atom. The van der Waals surface area contributed by atoms with Crippen LogP contribution in [0.3, 0.4) is 0 Å². The summed E-state index contributed by atoms with van der Waals surface area (Å²) in [4.78, 5) is 36.8. The predicted octanol–water partition coefficient (Wildman–Crippen LogP) is 1.60. The Bertz CT molecular complexity index is 881. The van der Waals surface area contributed by atoms with Crippen LogP contribution in [0.1, 0.15) is 39.0 Å². The quantitative estimate of drug-likeness (QED) is 0.711. The second-order valence-electron chi connectivity index (χ2n) is 7.54. The second kappa shape index (κ2) is 8.00. The maximum absolute atomic E-state index is 12.5. The Morgan fingerprint density at radius 3 is 2.46 bits per heavy atom. The van der Waals surface area contributed by atoms with Crippen LogP contribution < -0.4 is 10.5 Å². The van der Waals surface area contributed by atoms with E-state index in [4.69, 9.17) is 9.88 Å². The molecule has 0 aliphatic heterocycles. The molecule has 4 atom stereocenters. The molecule has 28 heavy (non-hydrogen) atoms. The van der Waals surface area contributed by atoms with E-state index in [1.165, 1.54) is 31.2 Å². The van der Waals surface area contributed by atoms with Gasteiger partial charge in [0.2, 0.25) is 10.0 Å². The van der Waals surface area contributed by atoms with Gasteiger partial charge in [-0.15, -0.1) is 0 Å². The average molecular weight is 408 g/mol. The topological polar surface area (TPSA) is 133 Å². The van der Waals surface area contributed by atoms with Crippen molar-refractivity contribution in [1.29, 1.82) is 0 Å². The number of amides is 1. The van der Waals surface area contributed by atoms with Crippen molar-refractivity contribution in [3.8, 4) is 0 Å². The Kier molecular flexibility index (Phi) is 5.85. The van der Waals surface area contributed by atoms with Gasteiger partial charge >= 0.3 is 5.97 Å². The number of Topliss-reactive ketones (excluding diaryl/α,β-unsaturated/α-hetero) is 1. The molecule has 1 unspecified atom stereocenters. The van der Waals surface area contributed by atoms with Gasteiger partial charge in [-0.1, -0.05) is 12.5 Å². The van der Waals surface area contributed by atoms with Gasteiger partial charge in [-0.05, 0) is 50.8 Å². The normalized spacial score (nSPS) is 25.6. The lowest BCUT2D eigenvalue weighted by molar-refractivity contribution is -0.161. The maximum atomic E-state index is 12.5. The van der Waals surface area contributed by atoms with Gasteiger partial charge in [0.1, 0.15) is 5.78 Å². The van der Waals surface area contributed by atoms with Crippen LogP contribution in [0, 0.1) is 17.8 Å². The van der Waals surface area contributed by atoms with E-state index < -0.39 is 28.0 Å². The van der Waals surface area contributed by atoms with Crippen LogP contribution >= 0.6 is 0 Å². The van der Waals surface area contributed by atoms with Gasteiger partial charge in [-0.25, -0.2) is 13.6 Å². The number of hydrogen-bond donors (Lipinski definition) is 2. The highest BCUT2D eigenvalue weighted by Gasteiger charge is 2.42. The first-order valence-corrected chi connectivity index (χ1v) is 10.9. The summed E-state index contributed by atoms with van der Waals surface area (Å²) in [6.07, 6.45) is 2.56. The predicted molar refractivity (Wildman–Crippen MR) is 101 cm³/mol. The van der Waals surface area contributed by atoms with Gasteiger partial charge in [0.15, 0.2) is 6.10 Å². The van der Waals surface area contributed by atoms with Gasteiger partial charge in [-0.2, -0.15) is 0 Å². The Hall–Kier alpha value is -2.26. The number of hydrogen-bond acceptors (Lipinski definition) is 6. The third-order valence-electron chi connectivity index (χ3n) is 5.47. The van der Waals surface area contributed by atoms with Crippen molar-refractivity contribution < 1.29 is 27.5 Å². The molecule has 3 N–H and O–H groups in total. The summed E-state index contributed by atoms with van der Waals surface area (Å²) in [5, 5.41) is 7.60. The molecule has 152 valence electrons. The molecule has 0 spiro atoms. The number of carbonyl (C=O) groups excluding carboxylic acids is 3. The van der Waals surface area contributed by atoms with Crippen LogP contribution in [0.25, 0.3) is 0 Å². The number of carbonyl (C=O) groups is 3. The fourth-order valence-corrected chi connectivity index (χ4v) is 4.55. The number of anilines is 1. The van der Waals surface area contributed by atoms with E-state index in [9.17, 15) is 22.8 Å². The van der Waals surface area contributed by atoms with Crippen molar-refractivity contribution in [3.63, 3.8) is 0 Å². The molecular weight excluding hydrogens is 384 g/mol. The molecule has 2 aliphatic carbocycles. The summed E-state index contributed by atoms with van der Waals surface area (Å²) in [5.74, 6) is -1.30. The fourth-order valence-electron chi connectivity index (χ4n) is 3.99. The molecule has 0 heterocycles. The van der Waals surface area contributed by atoms with E-state index in [1.54, 1.807) is 0 Å². The summed E-state index contributed by atoms with van der Waals surface area (Å²) in [7, 11) is -3.89. The zero-order valence-corrected chi connectivity index (χ0v) is 16.4. The molecule has 8 nitrogen and oxygen atoms in total. The van der Waals surface area contributed by atoms with E-state index in [2.05, 4.69) is 5.32 Å². The monoisotopic (exact) mass is 408 g/mol. The number of rotatable bonds is 5. The van der Waals surface area contributed by atoms with E-state index in [0.29, 0.717) is 12.8 Å². The first-order valence-electron chi connectivity index (χ1n) is 9.33. The van der Waals surface area contributed by atoms with Crippen molar-refractivity contribution in [3.05, 3.63) is 24.3 Å². The van der Waals surface area contributed by atoms with Gasteiger partial charge in [-0.3, -0.25) is 14.4 Å². The molecule has 1 aromatic carbocycles. The second-order valence-corrected chi connectivity index (χ2v) is 9.10. The van der Waals surface area contributed by atoms with Gasteiger partial charge < -0.3 is 10.1 Å². The van der Waals surface area contributed by atoms with E-state index in [0.717, 1.165) is 19.3 Å². The van der Waals surface area contributed by atoms with E-state index in [1.807, 2.05) is 0 Å². The minimum atomic E-state index is -3.89. The van der Waals surface area contributed by atoms with Crippen LogP contribution in [0.15, 0.2) is 29.2 Å². The first-order chi connectivity index (χ1) is 13.1. The van der Waals surface area contributed by atoms with Gasteiger partial charge in [0, 0.05) is 17.5 Å². The van der Waals surface area contributed by atoms with Crippen LogP contribution in [0.2, 0.25) is 0 Å². The van der Waals surface area contributed by atoms with Crippen molar-refractivity contribution >= 4 is 33.4 Å². The highest BCUT2D eigenvalue weighted by Crippen LogP contribution is 2.40. The third-order valence-corrected chi connectivity index (χ3v) is 6.38. The standard InChI is InChI=1S/C19H24N2O6S/c1-11(18(23)21-15-6-3-7-16(10-15)28(20,25)26)27-19(24)14-8-12-4-2-5-13(9-14)17(12)22/h3,6-7,10-14H,2,4-5,8-9H2,1H3,(H,21,23)(H2,20,25,26)/t11-,12-,13+,14?/m0/s1. The largest absolute Gasteiger partial charge is 0.452 e. The number of fused-ring (bicyclic) bond motifs is 2. The highest BCUT2D eigenvalue weighted by molar-refractivity contribution is 7.89. The van der Waals surface area contributed by atoms with Crippen LogP contribution in [-0.4, -0.2) is 32.2 Å². The third kappa shape index (κ3) is 4.59. The number of nitrogens with one attached hydrogen (secondary N) is 1. The number of primary sulfonamides is 1. The number of ether oxygens (including phenoxy) is 1. The summed E-state index contributed by atoms with van der Waals surface area (Å²) < 4.78 is 28.1. The molecule has 3 rings (SSSR count). The zero-order valence-electron chi connectivity index (χ0n) is 15.6. The molecule has 0 aromatic heterocycles.